The number of carbonyl (C=O) groups is 2. The first-order valence-electron chi connectivity index (χ1n) is 8.30. The lowest BCUT2D eigenvalue weighted by atomic mass is 10.1. The standard InChI is InChI=1S/C20H16F2N2O3S/c21-13-7-8-18(16(22)10-13)28-12-19(25)24-17-6-2-1-5-15(17)20(26)23-11-14-4-3-9-27-14/h1-10H,11-12H2,(H,23,26)(H,24,25). The molecule has 0 spiro atoms. The van der Waals surface area contributed by atoms with E-state index in [-0.39, 0.29) is 23.1 Å². The maximum Gasteiger partial charge on any atom is 0.253 e. The van der Waals surface area contributed by atoms with E-state index in [1.807, 2.05) is 0 Å². The Bertz CT molecular complexity index is 977. The fourth-order valence-corrected chi connectivity index (χ4v) is 3.11. The van der Waals surface area contributed by atoms with Crippen molar-refractivity contribution in [2.75, 3.05) is 11.1 Å². The second-order valence-electron chi connectivity index (χ2n) is 5.72. The highest BCUT2D eigenvalue weighted by Crippen LogP contribution is 2.23. The Balaban J connectivity index is 1.60. The van der Waals surface area contributed by atoms with E-state index in [1.54, 1.807) is 36.4 Å². The Kier molecular flexibility index (Phi) is 6.44. The highest BCUT2D eigenvalue weighted by molar-refractivity contribution is 8.00. The van der Waals surface area contributed by atoms with Gasteiger partial charge in [0.25, 0.3) is 5.91 Å². The summed E-state index contributed by atoms with van der Waals surface area (Å²) in [6.07, 6.45) is 1.51. The van der Waals surface area contributed by atoms with E-state index in [2.05, 4.69) is 10.6 Å². The molecule has 2 N–H and O–H groups in total. The molecular weight excluding hydrogens is 386 g/mol. The fourth-order valence-electron chi connectivity index (χ4n) is 2.39. The summed E-state index contributed by atoms with van der Waals surface area (Å²) in [5.41, 5.74) is 0.630. The minimum Gasteiger partial charge on any atom is -0.467 e. The number of furan rings is 1. The van der Waals surface area contributed by atoms with Crippen molar-refractivity contribution in [3.05, 3.63) is 83.8 Å². The second kappa shape index (κ2) is 9.18. The first kappa shape index (κ1) is 19.6. The third kappa shape index (κ3) is 5.20. The van der Waals surface area contributed by atoms with Crippen LogP contribution in [0, 0.1) is 11.6 Å². The van der Waals surface area contributed by atoms with Crippen molar-refractivity contribution in [1.29, 1.82) is 0 Å². The summed E-state index contributed by atoms with van der Waals surface area (Å²) in [4.78, 5) is 24.8. The van der Waals surface area contributed by atoms with Crippen LogP contribution in [0.1, 0.15) is 16.1 Å². The zero-order valence-corrected chi connectivity index (χ0v) is 15.4. The Morgan fingerprint density at radius 3 is 2.61 bits per heavy atom. The summed E-state index contributed by atoms with van der Waals surface area (Å²) in [6, 6.07) is 13.2. The van der Waals surface area contributed by atoms with Gasteiger partial charge in [0, 0.05) is 11.0 Å². The molecule has 0 saturated carbocycles. The number of thioether (sulfide) groups is 1. The van der Waals surface area contributed by atoms with Crippen molar-refractivity contribution >= 4 is 29.3 Å². The quantitative estimate of drug-likeness (QED) is 0.581. The van der Waals surface area contributed by atoms with Crippen LogP contribution < -0.4 is 10.6 Å². The van der Waals surface area contributed by atoms with Gasteiger partial charge in [-0.25, -0.2) is 8.78 Å². The van der Waals surface area contributed by atoms with Gasteiger partial charge in [-0.05, 0) is 36.4 Å². The highest BCUT2D eigenvalue weighted by Gasteiger charge is 2.14. The number of para-hydroxylation sites is 1. The molecule has 0 fully saturated rings. The Labute approximate surface area is 164 Å². The maximum atomic E-state index is 13.6. The number of benzene rings is 2. The second-order valence-corrected chi connectivity index (χ2v) is 6.74. The van der Waals surface area contributed by atoms with Gasteiger partial charge in [-0.1, -0.05) is 12.1 Å². The van der Waals surface area contributed by atoms with Crippen LogP contribution in [0.25, 0.3) is 0 Å². The molecule has 2 amide bonds. The third-order valence-electron chi connectivity index (χ3n) is 3.70. The zero-order valence-electron chi connectivity index (χ0n) is 14.6. The van der Waals surface area contributed by atoms with E-state index in [9.17, 15) is 18.4 Å². The van der Waals surface area contributed by atoms with Crippen LogP contribution in [-0.4, -0.2) is 17.6 Å². The molecule has 1 aromatic heterocycles. The molecule has 5 nitrogen and oxygen atoms in total. The number of hydrogen-bond acceptors (Lipinski definition) is 4. The summed E-state index contributed by atoms with van der Waals surface area (Å²) < 4.78 is 31.7. The van der Waals surface area contributed by atoms with Gasteiger partial charge < -0.3 is 15.1 Å². The minimum absolute atomic E-state index is 0.0924. The molecule has 0 unspecified atom stereocenters. The topological polar surface area (TPSA) is 71.3 Å². The van der Waals surface area contributed by atoms with Crippen LogP contribution in [0.4, 0.5) is 14.5 Å². The molecule has 0 atom stereocenters. The first-order valence-corrected chi connectivity index (χ1v) is 9.29. The monoisotopic (exact) mass is 402 g/mol. The Morgan fingerprint density at radius 2 is 1.86 bits per heavy atom. The van der Waals surface area contributed by atoms with Gasteiger partial charge >= 0.3 is 0 Å². The average molecular weight is 402 g/mol. The van der Waals surface area contributed by atoms with Gasteiger partial charge in [-0.15, -0.1) is 11.8 Å². The summed E-state index contributed by atoms with van der Waals surface area (Å²) in [5.74, 6) is -1.68. The van der Waals surface area contributed by atoms with E-state index in [4.69, 9.17) is 4.42 Å². The van der Waals surface area contributed by atoms with Crippen molar-refractivity contribution < 1.29 is 22.8 Å². The van der Waals surface area contributed by atoms with Crippen LogP contribution in [-0.2, 0) is 11.3 Å². The molecule has 144 valence electrons. The number of nitrogens with one attached hydrogen (secondary N) is 2. The summed E-state index contributed by atoms with van der Waals surface area (Å²) in [5, 5.41) is 5.36. The number of hydrogen-bond donors (Lipinski definition) is 2. The third-order valence-corrected chi connectivity index (χ3v) is 4.75. The molecule has 0 aliphatic rings. The SMILES string of the molecule is O=C(CSc1ccc(F)cc1F)Nc1ccccc1C(=O)NCc1ccco1. The predicted molar refractivity (Wildman–Crippen MR) is 102 cm³/mol. The average Bonchev–Trinajstić information content (AvgIpc) is 3.19. The lowest BCUT2D eigenvalue weighted by molar-refractivity contribution is -0.113. The van der Waals surface area contributed by atoms with Gasteiger partial charge in [0.2, 0.25) is 5.91 Å². The molecule has 2 aromatic carbocycles. The first-order chi connectivity index (χ1) is 13.5. The van der Waals surface area contributed by atoms with Gasteiger partial charge in [-0.3, -0.25) is 9.59 Å². The molecule has 0 bridgehead atoms. The van der Waals surface area contributed by atoms with Crippen molar-refractivity contribution in [3.8, 4) is 0 Å². The van der Waals surface area contributed by atoms with Gasteiger partial charge in [0.05, 0.1) is 29.8 Å². The van der Waals surface area contributed by atoms with Crippen LogP contribution in [0.3, 0.4) is 0 Å². The van der Waals surface area contributed by atoms with Crippen LogP contribution >= 0.6 is 11.8 Å². The van der Waals surface area contributed by atoms with Crippen molar-refractivity contribution in [2.45, 2.75) is 11.4 Å². The van der Waals surface area contributed by atoms with Crippen molar-refractivity contribution in [1.82, 2.24) is 5.32 Å². The molecule has 0 aliphatic carbocycles. The lowest BCUT2D eigenvalue weighted by Gasteiger charge is -2.11. The number of rotatable bonds is 7. The summed E-state index contributed by atoms with van der Waals surface area (Å²) in [7, 11) is 0. The smallest absolute Gasteiger partial charge is 0.253 e. The van der Waals surface area contributed by atoms with Crippen molar-refractivity contribution in [2.24, 2.45) is 0 Å². The molecule has 28 heavy (non-hydrogen) atoms. The van der Waals surface area contributed by atoms with Gasteiger partial charge in [-0.2, -0.15) is 0 Å². The van der Waals surface area contributed by atoms with Crippen LogP contribution in [0.15, 0.2) is 70.2 Å². The molecular formula is C20H16F2N2O3S. The molecule has 3 rings (SSSR count). The van der Waals surface area contributed by atoms with E-state index in [0.29, 0.717) is 17.0 Å². The van der Waals surface area contributed by atoms with Crippen LogP contribution in [0.2, 0.25) is 0 Å². The maximum absolute atomic E-state index is 13.6. The predicted octanol–water partition coefficient (Wildman–Crippen LogP) is 4.22. The van der Waals surface area contributed by atoms with E-state index < -0.39 is 17.5 Å². The zero-order chi connectivity index (χ0) is 19.9. The number of anilines is 1. The van der Waals surface area contributed by atoms with Gasteiger partial charge in [0.15, 0.2) is 0 Å². The highest BCUT2D eigenvalue weighted by atomic mass is 32.2. The summed E-state index contributed by atoms with van der Waals surface area (Å²) in [6.45, 7) is 0.216. The molecule has 0 radical (unpaired) electrons. The Morgan fingerprint density at radius 1 is 1.04 bits per heavy atom. The minimum atomic E-state index is -0.726. The normalized spacial score (nSPS) is 10.5. The number of amides is 2. The number of halogens is 2. The largest absolute Gasteiger partial charge is 0.467 e. The summed E-state index contributed by atoms with van der Waals surface area (Å²) >= 11 is 0.939. The molecule has 1 heterocycles. The molecule has 8 heteroatoms. The van der Waals surface area contributed by atoms with Crippen LogP contribution in [0.5, 0.6) is 0 Å². The Hall–Kier alpha value is -3.13. The van der Waals surface area contributed by atoms with E-state index in [0.717, 1.165) is 23.9 Å². The molecule has 0 saturated heterocycles. The van der Waals surface area contributed by atoms with E-state index >= 15 is 0 Å². The lowest BCUT2D eigenvalue weighted by Crippen LogP contribution is -2.25. The van der Waals surface area contributed by atoms with Gasteiger partial charge in [0.1, 0.15) is 17.4 Å². The number of carbonyl (C=O) groups excluding carboxylic acids is 2. The van der Waals surface area contributed by atoms with E-state index in [1.165, 1.54) is 12.3 Å². The molecule has 3 aromatic rings. The fraction of sp³-hybridized carbons (Fsp3) is 0.100. The molecule has 0 aliphatic heterocycles. The van der Waals surface area contributed by atoms with Crippen molar-refractivity contribution in [3.63, 3.8) is 0 Å².